The number of rotatable bonds is 4. The number of hydrogen-bond donors (Lipinski definition) is 1. The molecule has 112 valence electrons. The maximum Gasteiger partial charge on any atom is 0.244 e. The van der Waals surface area contributed by atoms with Gasteiger partial charge in [0.1, 0.15) is 0 Å². The van der Waals surface area contributed by atoms with Crippen molar-refractivity contribution < 1.29 is 18.3 Å². The van der Waals surface area contributed by atoms with Crippen LogP contribution in [0, 0.1) is 6.92 Å². The zero-order chi connectivity index (χ0) is 14.9. The van der Waals surface area contributed by atoms with Gasteiger partial charge in [-0.05, 0) is 46.5 Å². The quantitative estimate of drug-likeness (QED) is 0.883. The molecule has 1 N–H and O–H groups in total. The summed E-state index contributed by atoms with van der Waals surface area (Å²) < 4.78 is 32.6. The van der Waals surface area contributed by atoms with Gasteiger partial charge in [-0.2, -0.15) is 4.31 Å². The van der Waals surface area contributed by atoms with Gasteiger partial charge in [0.25, 0.3) is 0 Å². The van der Waals surface area contributed by atoms with Crippen LogP contribution < -0.4 is 0 Å². The summed E-state index contributed by atoms with van der Waals surface area (Å²) in [6.45, 7) is 2.63. The third kappa shape index (κ3) is 2.92. The molecule has 7 heteroatoms. The van der Waals surface area contributed by atoms with E-state index in [2.05, 4.69) is 15.9 Å². The van der Waals surface area contributed by atoms with E-state index in [1.54, 1.807) is 20.0 Å². The van der Waals surface area contributed by atoms with Gasteiger partial charge in [0.2, 0.25) is 10.0 Å². The maximum atomic E-state index is 12.7. The predicted octanol–water partition coefficient (Wildman–Crippen LogP) is 1.66. The first-order chi connectivity index (χ1) is 9.37. The minimum atomic E-state index is -3.61. The van der Waals surface area contributed by atoms with Gasteiger partial charge < -0.3 is 9.84 Å². The van der Waals surface area contributed by atoms with Crippen LogP contribution in [-0.4, -0.2) is 44.1 Å². The van der Waals surface area contributed by atoms with Crippen LogP contribution in [0.25, 0.3) is 0 Å². The Morgan fingerprint density at radius 3 is 2.75 bits per heavy atom. The molecule has 1 aliphatic heterocycles. The van der Waals surface area contributed by atoms with Crippen molar-refractivity contribution in [3.05, 3.63) is 27.7 Å². The zero-order valence-corrected chi connectivity index (χ0v) is 13.9. The number of halogens is 1. The average Bonchev–Trinajstić information content (AvgIpc) is 2.94. The summed E-state index contributed by atoms with van der Waals surface area (Å²) in [6.07, 6.45) is 0.700. The number of benzene rings is 1. The largest absolute Gasteiger partial charge is 0.392 e. The molecule has 0 spiro atoms. The smallest absolute Gasteiger partial charge is 0.244 e. The van der Waals surface area contributed by atoms with Crippen molar-refractivity contribution in [2.45, 2.75) is 30.9 Å². The number of aliphatic hydroxyl groups is 1. The second kappa shape index (κ2) is 6.11. The van der Waals surface area contributed by atoms with Crippen LogP contribution in [0.5, 0.6) is 0 Å². The topological polar surface area (TPSA) is 66.8 Å². The average molecular weight is 364 g/mol. The van der Waals surface area contributed by atoms with Crippen LogP contribution in [0.3, 0.4) is 0 Å². The van der Waals surface area contributed by atoms with E-state index in [9.17, 15) is 13.5 Å². The van der Waals surface area contributed by atoms with E-state index in [1.807, 2.05) is 0 Å². The standard InChI is InChI=1S/C13H18BrNO4S/c1-9-5-10(7-16)6-12(13(9)14)20(17,18)15(2)11-3-4-19-8-11/h5-6,11,16H,3-4,7-8H2,1-2H3. The SMILES string of the molecule is Cc1cc(CO)cc(S(=O)(=O)N(C)C2CCOC2)c1Br. The Balaban J connectivity index is 2.45. The molecule has 2 rings (SSSR count). The molecule has 1 fully saturated rings. The fourth-order valence-electron chi connectivity index (χ4n) is 2.25. The second-order valence-corrected chi connectivity index (χ2v) is 7.68. The molecule has 1 aromatic carbocycles. The highest BCUT2D eigenvalue weighted by Gasteiger charge is 2.32. The van der Waals surface area contributed by atoms with E-state index in [-0.39, 0.29) is 17.5 Å². The molecule has 0 aromatic heterocycles. The number of hydrogen-bond acceptors (Lipinski definition) is 4. The lowest BCUT2D eigenvalue weighted by molar-refractivity contribution is 0.181. The van der Waals surface area contributed by atoms with Crippen molar-refractivity contribution in [2.24, 2.45) is 0 Å². The molecule has 0 bridgehead atoms. The Kier molecular flexibility index (Phi) is 4.86. The molecular weight excluding hydrogens is 346 g/mol. The van der Waals surface area contributed by atoms with E-state index in [1.165, 1.54) is 10.4 Å². The van der Waals surface area contributed by atoms with Crippen LogP contribution in [-0.2, 0) is 21.4 Å². The molecular formula is C13H18BrNO4S. The van der Waals surface area contributed by atoms with Gasteiger partial charge in [0.05, 0.1) is 24.2 Å². The van der Waals surface area contributed by atoms with Crippen LogP contribution >= 0.6 is 15.9 Å². The van der Waals surface area contributed by atoms with E-state index in [0.29, 0.717) is 29.7 Å². The Hall–Kier alpha value is -0.470. The number of aryl methyl sites for hydroxylation is 1. The first kappa shape index (κ1) is 15.9. The van der Waals surface area contributed by atoms with E-state index in [0.717, 1.165) is 5.56 Å². The lowest BCUT2D eigenvalue weighted by Gasteiger charge is -2.24. The summed E-state index contributed by atoms with van der Waals surface area (Å²) in [5.41, 5.74) is 1.37. The lowest BCUT2D eigenvalue weighted by Crippen LogP contribution is -2.37. The van der Waals surface area contributed by atoms with Crippen LogP contribution in [0.1, 0.15) is 17.5 Å². The van der Waals surface area contributed by atoms with Crippen molar-refractivity contribution in [3.8, 4) is 0 Å². The highest BCUT2D eigenvalue weighted by Crippen LogP contribution is 2.31. The second-order valence-electron chi connectivity index (χ2n) is 4.92. The summed E-state index contributed by atoms with van der Waals surface area (Å²) in [4.78, 5) is 0.191. The normalized spacial score (nSPS) is 19.8. The highest BCUT2D eigenvalue weighted by atomic mass is 79.9. The Labute approximate surface area is 127 Å². The molecule has 1 unspecified atom stereocenters. The summed E-state index contributed by atoms with van der Waals surface area (Å²) in [6, 6.07) is 3.14. The molecule has 1 heterocycles. The molecule has 0 radical (unpaired) electrons. The van der Waals surface area contributed by atoms with Crippen LogP contribution in [0.2, 0.25) is 0 Å². The van der Waals surface area contributed by atoms with Gasteiger partial charge in [0, 0.05) is 18.1 Å². The van der Waals surface area contributed by atoms with Gasteiger partial charge in [0.15, 0.2) is 0 Å². The van der Waals surface area contributed by atoms with Crippen LogP contribution in [0.4, 0.5) is 0 Å². The molecule has 1 aliphatic rings. The Morgan fingerprint density at radius 2 is 2.20 bits per heavy atom. The van der Waals surface area contributed by atoms with Gasteiger partial charge in [-0.1, -0.05) is 6.07 Å². The molecule has 20 heavy (non-hydrogen) atoms. The van der Waals surface area contributed by atoms with Crippen molar-refractivity contribution in [2.75, 3.05) is 20.3 Å². The minimum Gasteiger partial charge on any atom is -0.392 e. The molecule has 1 aromatic rings. The zero-order valence-electron chi connectivity index (χ0n) is 11.5. The highest BCUT2D eigenvalue weighted by molar-refractivity contribution is 9.10. The molecule has 1 atom stereocenters. The predicted molar refractivity (Wildman–Crippen MR) is 79.0 cm³/mol. The molecule has 5 nitrogen and oxygen atoms in total. The van der Waals surface area contributed by atoms with Gasteiger partial charge in [-0.25, -0.2) is 8.42 Å². The van der Waals surface area contributed by atoms with Crippen molar-refractivity contribution in [3.63, 3.8) is 0 Å². The fourth-order valence-corrected chi connectivity index (χ4v) is 4.65. The third-order valence-electron chi connectivity index (χ3n) is 3.54. The van der Waals surface area contributed by atoms with Crippen molar-refractivity contribution in [1.82, 2.24) is 4.31 Å². The van der Waals surface area contributed by atoms with Gasteiger partial charge >= 0.3 is 0 Å². The molecule has 0 saturated carbocycles. The fraction of sp³-hybridized carbons (Fsp3) is 0.538. The number of aliphatic hydroxyl groups excluding tert-OH is 1. The van der Waals surface area contributed by atoms with Crippen molar-refractivity contribution >= 4 is 26.0 Å². The first-order valence-corrected chi connectivity index (χ1v) is 8.57. The Bertz CT molecular complexity index is 597. The number of sulfonamides is 1. The van der Waals surface area contributed by atoms with E-state index >= 15 is 0 Å². The van der Waals surface area contributed by atoms with Crippen molar-refractivity contribution in [1.29, 1.82) is 0 Å². The minimum absolute atomic E-state index is 0.134. The summed E-state index contributed by atoms with van der Waals surface area (Å²) in [5, 5.41) is 9.25. The van der Waals surface area contributed by atoms with E-state index in [4.69, 9.17) is 4.74 Å². The molecule has 0 amide bonds. The van der Waals surface area contributed by atoms with Gasteiger partial charge in [-0.15, -0.1) is 0 Å². The molecule has 1 saturated heterocycles. The summed E-state index contributed by atoms with van der Waals surface area (Å²) in [5.74, 6) is 0. The lowest BCUT2D eigenvalue weighted by atomic mass is 10.1. The van der Waals surface area contributed by atoms with Crippen LogP contribution in [0.15, 0.2) is 21.5 Å². The molecule has 0 aliphatic carbocycles. The van der Waals surface area contributed by atoms with E-state index < -0.39 is 10.0 Å². The first-order valence-electron chi connectivity index (χ1n) is 6.33. The number of ether oxygens (including phenoxy) is 1. The number of likely N-dealkylation sites (N-methyl/N-ethyl adjacent to an activating group) is 1. The monoisotopic (exact) mass is 363 g/mol. The third-order valence-corrected chi connectivity index (χ3v) is 6.79. The Morgan fingerprint density at radius 1 is 1.50 bits per heavy atom. The van der Waals surface area contributed by atoms with Gasteiger partial charge in [-0.3, -0.25) is 0 Å². The summed E-state index contributed by atoms with van der Waals surface area (Å²) >= 11 is 3.34. The summed E-state index contributed by atoms with van der Waals surface area (Å²) in [7, 11) is -2.04. The number of nitrogens with zero attached hydrogens (tertiary/aromatic N) is 1. The maximum absolute atomic E-state index is 12.7.